The van der Waals surface area contributed by atoms with Crippen LogP contribution in [0.1, 0.15) is 48.9 Å². The number of carbonyl (C=O) groups excluding carboxylic acids is 2. The Morgan fingerprint density at radius 3 is 2.61 bits per heavy atom. The van der Waals surface area contributed by atoms with Crippen molar-refractivity contribution in [3.63, 3.8) is 0 Å². The quantitative estimate of drug-likeness (QED) is 0.719. The Morgan fingerprint density at radius 1 is 1.29 bits per heavy atom. The number of likely N-dealkylation sites (tertiary alicyclic amines) is 1. The van der Waals surface area contributed by atoms with E-state index in [1.54, 1.807) is 31.4 Å². The predicted octanol–water partition coefficient (Wildman–Crippen LogP) is 3.61. The molecule has 1 aromatic carbocycles. The molecule has 7 heteroatoms. The lowest BCUT2D eigenvalue weighted by Crippen LogP contribution is -2.29. The van der Waals surface area contributed by atoms with Gasteiger partial charge in [0.1, 0.15) is 5.82 Å². The Morgan fingerprint density at radius 2 is 2.00 bits per heavy atom. The third-order valence-electron chi connectivity index (χ3n) is 5.43. The van der Waals surface area contributed by atoms with E-state index in [0.29, 0.717) is 42.6 Å². The highest BCUT2D eigenvalue weighted by atomic mass is 16.5. The van der Waals surface area contributed by atoms with Gasteiger partial charge in [-0.2, -0.15) is 4.98 Å². The Hall–Kier alpha value is -3.22. The lowest BCUT2D eigenvalue weighted by atomic mass is 9.88. The summed E-state index contributed by atoms with van der Waals surface area (Å²) in [5.74, 6) is 1.38. The van der Waals surface area contributed by atoms with Crippen molar-refractivity contribution in [2.75, 3.05) is 25.5 Å². The first-order chi connectivity index (χ1) is 14.7. The van der Waals surface area contributed by atoms with E-state index < -0.39 is 0 Å². The lowest BCUT2D eigenvalue weighted by molar-refractivity contribution is -0.111. The van der Waals surface area contributed by atoms with Crippen LogP contribution in [-0.4, -0.2) is 46.9 Å². The predicted molar refractivity (Wildman–Crippen MR) is 120 cm³/mol. The summed E-state index contributed by atoms with van der Waals surface area (Å²) in [6, 6.07) is 6.90. The van der Waals surface area contributed by atoms with E-state index in [1.165, 1.54) is 6.08 Å². The van der Waals surface area contributed by atoms with Crippen molar-refractivity contribution < 1.29 is 14.3 Å². The Balaban J connectivity index is 1.62. The molecule has 2 aromatic rings. The fourth-order valence-corrected chi connectivity index (χ4v) is 3.68. The van der Waals surface area contributed by atoms with Crippen molar-refractivity contribution in [3.05, 3.63) is 60.1 Å². The number of hydrogen-bond donors (Lipinski definition) is 1. The van der Waals surface area contributed by atoms with E-state index in [4.69, 9.17) is 4.74 Å². The second-order valence-corrected chi connectivity index (χ2v) is 8.84. The number of nitrogens with zero attached hydrogens (tertiary/aromatic N) is 3. The van der Waals surface area contributed by atoms with E-state index in [1.807, 2.05) is 11.1 Å². The number of amides is 2. The van der Waals surface area contributed by atoms with Gasteiger partial charge in [0, 0.05) is 42.5 Å². The maximum Gasteiger partial charge on any atom is 0.253 e. The molecule has 0 saturated carbocycles. The average molecular weight is 423 g/mol. The third-order valence-corrected chi connectivity index (χ3v) is 5.43. The van der Waals surface area contributed by atoms with Crippen LogP contribution < -0.4 is 10.1 Å². The molecule has 0 bridgehead atoms. The molecule has 3 rings (SSSR count). The summed E-state index contributed by atoms with van der Waals surface area (Å²) >= 11 is 0. The molecule has 2 amide bonds. The second kappa shape index (κ2) is 9.29. The molecule has 164 valence electrons. The van der Waals surface area contributed by atoms with Gasteiger partial charge in [-0.25, -0.2) is 4.98 Å². The molecule has 0 radical (unpaired) electrons. The van der Waals surface area contributed by atoms with Crippen LogP contribution in [0.3, 0.4) is 0 Å². The number of carbonyl (C=O) groups is 2. The van der Waals surface area contributed by atoms with Crippen LogP contribution in [0, 0.1) is 5.92 Å². The molecule has 1 fully saturated rings. The maximum absolute atomic E-state index is 12.9. The Labute approximate surface area is 183 Å². The lowest BCUT2D eigenvalue weighted by Gasteiger charge is -2.21. The van der Waals surface area contributed by atoms with Crippen LogP contribution in [0.5, 0.6) is 5.88 Å². The molecule has 0 spiro atoms. The highest BCUT2D eigenvalue weighted by molar-refractivity contribution is 5.99. The van der Waals surface area contributed by atoms with E-state index in [2.05, 4.69) is 42.6 Å². The van der Waals surface area contributed by atoms with E-state index in [-0.39, 0.29) is 17.2 Å². The number of hydrogen-bond acceptors (Lipinski definition) is 5. The fourth-order valence-electron chi connectivity index (χ4n) is 3.68. The first-order valence-corrected chi connectivity index (χ1v) is 10.4. The third kappa shape index (κ3) is 5.48. The first-order valence-electron chi connectivity index (χ1n) is 10.4. The molecule has 7 nitrogen and oxygen atoms in total. The van der Waals surface area contributed by atoms with Gasteiger partial charge in [0.05, 0.1) is 7.11 Å². The minimum absolute atomic E-state index is 0.00863. The van der Waals surface area contributed by atoms with Gasteiger partial charge >= 0.3 is 0 Å². The van der Waals surface area contributed by atoms with E-state index in [9.17, 15) is 9.59 Å². The molecule has 1 aliphatic heterocycles. The average Bonchev–Trinajstić information content (AvgIpc) is 3.21. The minimum Gasteiger partial charge on any atom is -0.481 e. The summed E-state index contributed by atoms with van der Waals surface area (Å²) in [7, 11) is 1.63. The number of ether oxygens (including phenoxy) is 1. The number of anilines is 1. The standard InChI is InChI=1S/C24H30N4O3/c1-6-21(29)26-18-9-7-17(8-10-18)23(30)28-12-11-16(15-28)13-20-25-14-19(24(2,3)4)22(27-20)31-5/h6-10,14,16H,1,11-13,15H2,2-5H3,(H,26,29)/t16-/m0/s1. The van der Waals surface area contributed by atoms with Gasteiger partial charge in [-0.1, -0.05) is 27.4 Å². The van der Waals surface area contributed by atoms with Crippen molar-refractivity contribution in [2.24, 2.45) is 5.92 Å². The molecular weight excluding hydrogens is 392 g/mol. The topological polar surface area (TPSA) is 84.4 Å². The number of benzene rings is 1. The molecule has 31 heavy (non-hydrogen) atoms. The number of rotatable bonds is 6. The maximum atomic E-state index is 12.9. The zero-order valence-electron chi connectivity index (χ0n) is 18.6. The van der Waals surface area contributed by atoms with Gasteiger partial charge in [0.2, 0.25) is 11.8 Å². The molecular formula is C24H30N4O3. The number of aromatic nitrogens is 2. The van der Waals surface area contributed by atoms with Crippen LogP contribution in [0.15, 0.2) is 43.1 Å². The van der Waals surface area contributed by atoms with E-state index >= 15 is 0 Å². The fraction of sp³-hybridized carbons (Fsp3) is 0.417. The zero-order valence-corrected chi connectivity index (χ0v) is 18.6. The number of nitrogens with one attached hydrogen (secondary N) is 1. The van der Waals surface area contributed by atoms with Gasteiger partial charge in [-0.15, -0.1) is 0 Å². The SMILES string of the molecule is C=CC(=O)Nc1ccc(C(=O)N2CC[C@@H](Cc3ncc(C(C)(C)C)c(OC)n3)C2)cc1. The smallest absolute Gasteiger partial charge is 0.253 e. The largest absolute Gasteiger partial charge is 0.481 e. The van der Waals surface area contributed by atoms with Gasteiger partial charge in [-0.3, -0.25) is 9.59 Å². The Bertz CT molecular complexity index is 964. The van der Waals surface area contributed by atoms with Crippen LogP contribution >= 0.6 is 0 Å². The highest BCUT2D eigenvalue weighted by Crippen LogP contribution is 2.30. The van der Waals surface area contributed by atoms with Crippen molar-refractivity contribution in [1.29, 1.82) is 0 Å². The van der Waals surface area contributed by atoms with Gasteiger partial charge in [0.15, 0.2) is 0 Å². The summed E-state index contributed by atoms with van der Waals surface area (Å²) in [5.41, 5.74) is 2.12. The molecule has 2 heterocycles. The van der Waals surface area contributed by atoms with Crippen LogP contribution in [0.4, 0.5) is 5.69 Å². The van der Waals surface area contributed by atoms with Gasteiger partial charge < -0.3 is 15.0 Å². The van der Waals surface area contributed by atoms with Gasteiger partial charge in [-0.05, 0) is 48.1 Å². The highest BCUT2D eigenvalue weighted by Gasteiger charge is 2.28. The normalized spacial score (nSPS) is 16.1. The monoisotopic (exact) mass is 422 g/mol. The Kier molecular flexibility index (Phi) is 6.73. The van der Waals surface area contributed by atoms with Gasteiger partial charge in [0.25, 0.3) is 5.91 Å². The molecule has 0 unspecified atom stereocenters. The summed E-state index contributed by atoms with van der Waals surface area (Å²) in [5, 5.41) is 2.68. The molecule has 1 aromatic heterocycles. The molecule has 0 aliphatic carbocycles. The molecule has 1 atom stereocenters. The summed E-state index contributed by atoms with van der Waals surface area (Å²) in [4.78, 5) is 35.3. The van der Waals surface area contributed by atoms with Crippen molar-refractivity contribution in [1.82, 2.24) is 14.9 Å². The van der Waals surface area contributed by atoms with Crippen molar-refractivity contribution in [2.45, 2.75) is 39.0 Å². The summed E-state index contributed by atoms with van der Waals surface area (Å²) < 4.78 is 5.49. The van der Waals surface area contributed by atoms with Crippen LogP contribution in [0.2, 0.25) is 0 Å². The first kappa shape index (κ1) is 22.5. The van der Waals surface area contributed by atoms with Crippen LogP contribution in [-0.2, 0) is 16.6 Å². The molecule has 1 N–H and O–H groups in total. The van der Waals surface area contributed by atoms with Crippen molar-refractivity contribution in [3.8, 4) is 5.88 Å². The molecule has 1 aliphatic rings. The zero-order chi connectivity index (χ0) is 22.6. The molecule has 1 saturated heterocycles. The van der Waals surface area contributed by atoms with Crippen molar-refractivity contribution >= 4 is 17.5 Å². The number of methoxy groups -OCH3 is 1. The summed E-state index contributed by atoms with van der Waals surface area (Å²) in [6.45, 7) is 11.1. The van der Waals surface area contributed by atoms with Crippen LogP contribution in [0.25, 0.3) is 0 Å². The summed E-state index contributed by atoms with van der Waals surface area (Å²) in [6.07, 6.45) is 4.67. The minimum atomic E-state index is -0.282. The second-order valence-electron chi connectivity index (χ2n) is 8.84. The van der Waals surface area contributed by atoms with E-state index in [0.717, 1.165) is 17.8 Å².